The lowest BCUT2D eigenvalue weighted by atomic mass is 9.92. The monoisotopic (exact) mass is 383 g/mol. The van der Waals surface area contributed by atoms with Crippen LogP contribution in [-0.2, 0) is 9.84 Å². The lowest BCUT2D eigenvalue weighted by molar-refractivity contribution is 0.387. The molecule has 0 radical (unpaired) electrons. The zero-order chi connectivity index (χ0) is 14.9. The molecule has 1 aliphatic rings. The van der Waals surface area contributed by atoms with Gasteiger partial charge in [0.05, 0.1) is 16.5 Å². The number of nitrogens with one attached hydrogen (secondary N) is 1. The SMILES string of the molecule is CCNC(c1ccc(Br)c(Cl)c1F)C1CCS(=O)(=O)C1. The zero-order valence-electron chi connectivity index (χ0n) is 11.0. The molecule has 0 aliphatic carbocycles. The van der Waals surface area contributed by atoms with Crippen LogP contribution in [0.3, 0.4) is 0 Å². The molecule has 1 saturated heterocycles. The van der Waals surface area contributed by atoms with E-state index in [4.69, 9.17) is 11.6 Å². The summed E-state index contributed by atoms with van der Waals surface area (Å²) in [6.07, 6.45) is 0.549. The largest absolute Gasteiger partial charge is 0.310 e. The second-order valence-electron chi connectivity index (χ2n) is 4.96. The molecule has 1 aliphatic heterocycles. The van der Waals surface area contributed by atoms with Crippen molar-refractivity contribution >= 4 is 37.4 Å². The molecule has 2 rings (SSSR count). The van der Waals surface area contributed by atoms with Gasteiger partial charge in [0.15, 0.2) is 9.84 Å². The van der Waals surface area contributed by atoms with E-state index >= 15 is 0 Å². The minimum Gasteiger partial charge on any atom is -0.310 e. The molecule has 1 aromatic carbocycles. The van der Waals surface area contributed by atoms with Crippen molar-refractivity contribution < 1.29 is 12.8 Å². The zero-order valence-corrected chi connectivity index (χ0v) is 14.2. The number of hydrogen-bond acceptors (Lipinski definition) is 3. The van der Waals surface area contributed by atoms with Gasteiger partial charge >= 0.3 is 0 Å². The number of hydrogen-bond donors (Lipinski definition) is 1. The molecule has 3 nitrogen and oxygen atoms in total. The number of halogens is 3. The van der Waals surface area contributed by atoms with Crippen LogP contribution in [-0.4, -0.2) is 26.5 Å². The van der Waals surface area contributed by atoms with Crippen LogP contribution in [0.4, 0.5) is 4.39 Å². The quantitative estimate of drug-likeness (QED) is 0.810. The highest BCUT2D eigenvalue weighted by Crippen LogP contribution is 2.36. The topological polar surface area (TPSA) is 46.2 Å². The second-order valence-corrected chi connectivity index (χ2v) is 8.42. The van der Waals surface area contributed by atoms with E-state index in [1.807, 2.05) is 6.92 Å². The Morgan fingerprint density at radius 1 is 1.55 bits per heavy atom. The van der Waals surface area contributed by atoms with E-state index in [-0.39, 0.29) is 28.5 Å². The molecule has 112 valence electrons. The molecular formula is C13H16BrClFNO2S. The summed E-state index contributed by atoms with van der Waals surface area (Å²) in [6, 6.07) is 3.01. The van der Waals surface area contributed by atoms with E-state index in [1.54, 1.807) is 12.1 Å². The van der Waals surface area contributed by atoms with Crippen LogP contribution in [0.25, 0.3) is 0 Å². The molecule has 1 aromatic rings. The molecule has 0 bridgehead atoms. The Balaban J connectivity index is 2.37. The predicted octanol–water partition coefficient (Wildman–Crippen LogP) is 3.33. The maximum atomic E-state index is 14.3. The third-order valence-corrected chi connectivity index (χ3v) is 6.62. The standard InChI is InChI=1S/C13H16BrClFNO2S/c1-2-17-13(8-5-6-20(18,19)7-8)9-3-4-10(14)11(15)12(9)16/h3-4,8,13,17H,2,5-7H2,1H3. The Morgan fingerprint density at radius 2 is 2.25 bits per heavy atom. The highest BCUT2D eigenvalue weighted by Gasteiger charge is 2.35. The van der Waals surface area contributed by atoms with Crippen LogP contribution in [0.1, 0.15) is 24.9 Å². The lowest BCUT2D eigenvalue weighted by Gasteiger charge is -2.25. The van der Waals surface area contributed by atoms with Gasteiger partial charge in [-0.2, -0.15) is 0 Å². The molecule has 0 amide bonds. The summed E-state index contributed by atoms with van der Waals surface area (Å²) >= 11 is 9.10. The second kappa shape index (κ2) is 6.30. The summed E-state index contributed by atoms with van der Waals surface area (Å²) in [5.74, 6) is -0.341. The number of sulfone groups is 1. The fraction of sp³-hybridized carbons (Fsp3) is 0.538. The van der Waals surface area contributed by atoms with Crippen LogP contribution in [0.5, 0.6) is 0 Å². The third-order valence-electron chi connectivity index (χ3n) is 3.56. The summed E-state index contributed by atoms with van der Waals surface area (Å²) in [5, 5.41) is 3.22. The number of benzene rings is 1. The first kappa shape index (κ1) is 16.2. The normalized spacial score (nSPS) is 22.9. The minimum absolute atomic E-state index is 0.0336. The van der Waals surface area contributed by atoms with Gasteiger partial charge in [0.1, 0.15) is 5.82 Å². The van der Waals surface area contributed by atoms with Crippen molar-refractivity contribution in [1.82, 2.24) is 5.32 Å². The maximum Gasteiger partial charge on any atom is 0.150 e. The Morgan fingerprint density at radius 3 is 2.80 bits per heavy atom. The van der Waals surface area contributed by atoms with E-state index < -0.39 is 15.7 Å². The Labute approximate surface area is 131 Å². The van der Waals surface area contributed by atoms with Gasteiger partial charge in [-0.3, -0.25) is 0 Å². The summed E-state index contributed by atoms with van der Waals surface area (Å²) in [6.45, 7) is 2.54. The molecule has 20 heavy (non-hydrogen) atoms. The Hall–Kier alpha value is -0.170. The molecule has 0 saturated carbocycles. The van der Waals surface area contributed by atoms with Crippen molar-refractivity contribution in [2.75, 3.05) is 18.1 Å². The first-order valence-electron chi connectivity index (χ1n) is 6.43. The van der Waals surface area contributed by atoms with E-state index in [2.05, 4.69) is 21.2 Å². The molecule has 7 heteroatoms. The Bertz CT molecular complexity index is 609. The first-order valence-corrected chi connectivity index (χ1v) is 9.42. The van der Waals surface area contributed by atoms with Crippen molar-refractivity contribution in [3.8, 4) is 0 Å². The van der Waals surface area contributed by atoms with E-state index in [9.17, 15) is 12.8 Å². The summed E-state index contributed by atoms with van der Waals surface area (Å²) < 4.78 is 38.1. The predicted molar refractivity (Wildman–Crippen MR) is 82.3 cm³/mol. The van der Waals surface area contributed by atoms with Crippen LogP contribution >= 0.6 is 27.5 Å². The van der Waals surface area contributed by atoms with Gasteiger partial charge in [-0.1, -0.05) is 24.6 Å². The van der Waals surface area contributed by atoms with E-state index in [1.165, 1.54) is 0 Å². The summed E-state index contributed by atoms with van der Waals surface area (Å²) in [5.41, 5.74) is 0.433. The van der Waals surface area contributed by atoms with Gasteiger partial charge < -0.3 is 5.32 Å². The Kier molecular flexibility index (Phi) is 5.10. The summed E-state index contributed by atoms with van der Waals surface area (Å²) in [4.78, 5) is 0. The number of rotatable bonds is 4. The maximum absolute atomic E-state index is 14.3. The first-order chi connectivity index (χ1) is 9.35. The van der Waals surface area contributed by atoms with Gasteiger partial charge in [0.2, 0.25) is 0 Å². The van der Waals surface area contributed by atoms with Crippen molar-refractivity contribution in [2.24, 2.45) is 5.92 Å². The molecule has 0 spiro atoms. The molecule has 0 aromatic heterocycles. The smallest absolute Gasteiger partial charge is 0.150 e. The van der Waals surface area contributed by atoms with Gasteiger partial charge in [-0.15, -0.1) is 0 Å². The van der Waals surface area contributed by atoms with Crippen LogP contribution in [0, 0.1) is 11.7 Å². The average molecular weight is 385 g/mol. The highest BCUT2D eigenvalue weighted by molar-refractivity contribution is 9.10. The summed E-state index contributed by atoms with van der Waals surface area (Å²) in [7, 11) is -3.00. The van der Waals surface area contributed by atoms with Gasteiger partial charge in [-0.25, -0.2) is 12.8 Å². The average Bonchev–Trinajstić information content (AvgIpc) is 2.74. The molecule has 1 fully saturated rings. The minimum atomic E-state index is -3.00. The molecule has 2 unspecified atom stereocenters. The molecule has 1 heterocycles. The molecular weight excluding hydrogens is 369 g/mol. The van der Waals surface area contributed by atoms with Crippen molar-refractivity contribution in [1.29, 1.82) is 0 Å². The lowest BCUT2D eigenvalue weighted by Crippen LogP contribution is -2.30. The van der Waals surface area contributed by atoms with Crippen molar-refractivity contribution in [3.05, 3.63) is 33.0 Å². The fourth-order valence-corrected chi connectivity index (χ4v) is 4.94. The fourth-order valence-electron chi connectivity index (χ4n) is 2.62. The van der Waals surface area contributed by atoms with Gasteiger partial charge in [0.25, 0.3) is 0 Å². The van der Waals surface area contributed by atoms with E-state index in [0.717, 1.165) is 0 Å². The van der Waals surface area contributed by atoms with Crippen LogP contribution in [0.2, 0.25) is 5.02 Å². The van der Waals surface area contributed by atoms with Gasteiger partial charge in [0, 0.05) is 16.1 Å². The third kappa shape index (κ3) is 3.35. The van der Waals surface area contributed by atoms with Gasteiger partial charge in [-0.05, 0) is 40.9 Å². The van der Waals surface area contributed by atoms with Crippen LogP contribution < -0.4 is 5.32 Å². The molecule has 2 atom stereocenters. The van der Waals surface area contributed by atoms with Crippen molar-refractivity contribution in [2.45, 2.75) is 19.4 Å². The van der Waals surface area contributed by atoms with E-state index in [0.29, 0.717) is 23.0 Å². The molecule has 1 N–H and O–H groups in total. The van der Waals surface area contributed by atoms with Crippen molar-refractivity contribution in [3.63, 3.8) is 0 Å². The highest BCUT2D eigenvalue weighted by atomic mass is 79.9. The van der Waals surface area contributed by atoms with Crippen LogP contribution in [0.15, 0.2) is 16.6 Å².